The van der Waals surface area contributed by atoms with E-state index in [1.165, 1.54) is 0 Å². The number of nitrogens with zero attached hydrogens (tertiary/aromatic N) is 2. The van der Waals surface area contributed by atoms with Crippen LogP contribution in [-0.4, -0.2) is 33.1 Å². The van der Waals surface area contributed by atoms with Gasteiger partial charge in [-0.3, -0.25) is 4.79 Å². The summed E-state index contributed by atoms with van der Waals surface area (Å²) in [5, 5.41) is 9.33. The fraction of sp³-hybridized carbons (Fsp3) is 0.444. The molecule has 1 aromatic heterocycles. The maximum Gasteiger partial charge on any atom is 0.309 e. The normalized spacial score (nSPS) is 20.8. The molecule has 0 spiro atoms. The van der Waals surface area contributed by atoms with Gasteiger partial charge in [-0.2, -0.15) is 0 Å². The van der Waals surface area contributed by atoms with Crippen LogP contribution in [0.4, 0.5) is 0 Å². The second-order valence-electron chi connectivity index (χ2n) is 6.14. The maximum absolute atomic E-state index is 11.1. The number of rotatable bonds is 5. The number of imidazole rings is 1. The number of benzene rings is 1. The lowest BCUT2D eigenvalue weighted by atomic mass is 9.94. The second kappa shape index (κ2) is 7.26. The van der Waals surface area contributed by atoms with E-state index < -0.39 is 5.97 Å². The quantitative estimate of drug-likeness (QED) is 0.832. The molecule has 1 aliphatic carbocycles. The third kappa shape index (κ3) is 3.56. The van der Waals surface area contributed by atoms with Gasteiger partial charge in [0.1, 0.15) is 11.6 Å². The zero-order valence-corrected chi connectivity index (χ0v) is 14.4. The molecule has 1 heterocycles. The van der Waals surface area contributed by atoms with Crippen molar-refractivity contribution in [1.82, 2.24) is 9.55 Å². The number of aliphatic carboxylic acids is 1. The van der Waals surface area contributed by atoms with Crippen molar-refractivity contribution in [2.24, 2.45) is 0 Å². The third-order valence-electron chi connectivity index (χ3n) is 4.48. The van der Waals surface area contributed by atoms with Crippen molar-refractivity contribution in [1.29, 1.82) is 0 Å². The maximum atomic E-state index is 11.1. The molecular formula is C18H21ClN2O3. The van der Waals surface area contributed by atoms with Crippen LogP contribution in [0, 0.1) is 0 Å². The largest absolute Gasteiger partial charge is 0.496 e. The number of carboxylic acid groups (broad SMARTS) is 1. The Morgan fingerprint density at radius 1 is 1.33 bits per heavy atom. The molecule has 0 bridgehead atoms. The first-order valence-corrected chi connectivity index (χ1v) is 8.59. The van der Waals surface area contributed by atoms with Crippen LogP contribution in [0.25, 0.3) is 11.4 Å². The fourth-order valence-corrected chi connectivity index (χ4v) is 3.56. The van der Waals surface area contributed by atoms with Crippen LogP contribution in [0.2, 0.25) is 0 Å². The summed E-state index contributed by atoms with van der Waals surface area (Å²) in [6, 6.07) is 7.97. The Balaban J connectivity index is 2.02. The molecule has 3 rings (SSSR count). The molecule has 0 aliphatic heterocycles. The summed E-state index contributed by atoms with van der Waals surface area (Å²) in [5.41, 5.74) is 1.45. The van der Waals surface area contributed by atoms with Crippen molar-refractivity contribution in [3.05, 3.63) is 36.2 Å². The topological polar surface area (TPSA) is 64.3 Å². The Morgan fingerprint density at radius 3 is 2.71 bits per heavy atom. The molecule has 6 heteroatoms. The molecule has 1 aromatic carbocycles. The van der Waals surface area contributed by atoms with E-state index in [1.807, 2.05) is 30.5 Å². The smallest absolute Gasteiger partial charge is 0.309 e. The lowest BCUT2D eigenvalue weighted by molar-refractivity contribution is -0.136. The van der Waals surface area contributed by atoms with Crippen molar-refractivity contribution in [2.75, 3.05) is 7.11 Å². The highest BCUT2D eigenvalue weighted by atomic mass is 35.5. The first kappa shape index (κ1) is 16.8. The number of carbonyl (C=O) groups is 1. The van der Waals surface area contributed by atoms with Crippen LogP contribution < -0.4 is 4.74 Å². The van der Waals surface area contributed by atoms with E-state index in [1.54, 1.807) is 7.11 Å². The highest BCUT2D eigenvalue weighted by Gasteiger charge is 2.25. The van der Waals surface area contributed by atoms with Crippen LogP contribution in [-0.2, 0) is 11.2 Å². The number of para-hydroxylation sites is 1. The van der Waals surface area contributed by atoms with Gasteiger partial charge in [0.2, 0.25) is 0 Å². The van der Waals surface area contributed by atoms with Gasteiger partial charge in [0, 0.05) is 17.6 Å². The Bertz CT molecular complexity index is 721. The number of aromatic nitrogens is 2. The minimum Gasteiger partial charge on any atom is -0.496 e. The van der Waals surface area contributed by atoms with Crippen molar-refractivity contribution < 1.29 is 14.6 Å². The zero-order valence-electron chi connectivity index (χ0n) is 13.6. The molecule has 2 aromatic rings. The number of alkyl halides is 1. The molecule has 24 heavy (non-hydrogen) atoms. The average molecular weight is 349 g/mol. The summed E-state index contributed by atoms with van der Waals surface area (Å²) < 4.78 is 7.57. The van der Waals surface area contributed by atoms with Gasteiger partial charge < -0.3 is 14.4 Å². The van der Waals surface area contributed by atoms with Crippen molar-refractivity contribution >= 4 is 17.6 Å². The van der Waals surface area contributed by atoms with Gasteiger partial charge in [-0.25, -0.2) is 4.98 Å². The Kier molecular flexibility index (Phi) is 5.09. The first-order valence-electron chi connectivity index (χ1n) is 8.15. The number of hydrogen-bond donors (Lipinski definition) is 1. The molecular weight excluding hydrogens is 328 g/mol. The average Bonchev–Trinajstić information content (AvgIpc) is 2.98. The first-order chi connectivity index (χ1) is 11.6. The standard InChI is InChI=1S/C18H21ClN2O3/c1-24-16-5-3-2-4-15(16)18-20-13(10-17(22)23)11-21(18)14-8-6-12(19)7-9-14/h2-5,11-12,14H,6-10H2,1H3,(H,22,23). The molecule has 1 saturated carbocycles. The van der Waals surface area contributed by atoms with Gasteiger partial charge in [0.25, 0.3) is 0 Å². The molecule has 0 unspecified atom stereocenters. The molecule has 5 nitrogen and oxygen atoms in total. The fourth-order valence-electron chi connectivity index (χ4n) is 3.30. The van der Waals surface area contributed by atoms with Crippen LogP contribution >= 0.6 is 11.6 Å². The highest BCUT2D eigenvalue weighted by Crippen LogP contribution is 2.37. The molecule has 0 saturated heterocycles. The van der Waals surface area contributed by atoms with Gasteiger partial charge in [-0.05, 0) is 37.8 Å². The minimum absolute atomic E-state index is 0.0833. The van der Waals surface area contributed by atoms with E-state index in [0.717, 1.165) is 42.8 Å². The number of methoxy groups -OCH3 is 1. The third-order valence-corrected chi connectivity index (χ3v) is 4.92. The Labute approximate surface area is 146 Å². The summed E-state index contributed by atoms with van der Waals surface area (Å²) in [6.45, 7) is 0. The van der Waals surface area contributed by atoms with E-state index in [2.05, 4.69) is 9.55 Å². The van der Waals surface area contributed by atoms with Crippen LogP contribution in [0.15, 0.2) is 30.5 Å². The summed E-state index contributed by atoms with van der Waals surface area (Å²) in [5.74, 6) is 0.620. The molecule has 0 radical (unpaired) electrons. The molecule has 0 atom stereocenters. The monoisotopic (exact) mass is 348 g/mol. The lowest BCUT2D eigenvalue weighted by Crippen LogP contribution is -2.18. The SMILES string of the molecule is COc1ccccc1-c1nc(CC(=O)O)cn1C1CCC(Cl)CC1. The molecule has 0 amide bonds. The van der Waals surface area contributed by atoms with Crippen molar-refractivity contribution in [3.63, 3.8) is 0 Å². The molecule has 1 N–H and O–H groups in total. The van der Waals surface area contributed by atoms with Gasteiger partial charge in [-0.15, -0.1) is 11.6 Å². The van der Waals surface area contributed by atoms with Crippen LogP contribution in [0.5, 0.6) is 5.75 Å². The van der Waals surface area contributed by atoms with Gasteiger partial charge in [0.15, 0.2) is 0 Å². The predicted octanol–water partition coefficient (Wildman–Crippen LogP) is 3.91. The summed E-state index contributed by atoms with van der Waals surface area (Å²) in [7, 11) is 1.63. The predicted molar refractivity (Wildman–Crippen MR) is 92.7 cm³/mol. The van der Waals surface area contributed by atoms with E-state index in [9.17, 15) is 4.79 Å². The number of halogens is 1. The second-order valence-corrected chi connectivity index (χ2v) is 6.76. The summed E-state index contributed by atoms with van der Waals surface area (Å²) >= 11 is 6.23. The minimum atomic E-state index is -0.879. The summed E-state index contributed by atoms with van der Waals surface area (Å²) in [6.07, 6.45) is 5.65. The Morgan fingerprint density at radius 2 is 2.04 bits per heavy atom. The highest BCUT2D eigenvalue weighted by molar-refractivity contribution is 6.20. The van der Waals surface area contributed by atoms with E-state index >= 15 is 0 Å². The number of hydrogen-bond acceptors (Lipinski definition) is 3. The van der Waals surface area contributed by atoms with E-state index in [4.69, 9.17) is 21.4 Å². The van der Waals surface area contributed by atoms with Gasteiger partial charge >= 0.3 is 5.97 Å². The number of carboxylic acids is 1. The summed E-state index contributed by atoms with van der Waals surface area (Å²) in [4.78, 5) is 15.7. The van der Waals surface area contributed by atoms with E-state index in [0.29, 0.717) is 5.69 Å². The molecule has 128 valence electrons. The molecule has 1 aliphatic rings. The van der Waals surface area contributed by atoms with Gasteiger partial charge in [0.05, 0.1) is 24.8 Å². The van der Waals surface area contributed by atoms with Crippen LogP contribution in [0.1, 0.15) is 37.4 Å². The zero-order chi connectivity index (χ0) is 17.1. The van der Waals surface area contributed by atoms with Gasteiger partial charge in [-0.1, -0.05) is 12.1 Å². The van der Waals surface area contributed by atoms with E-state index in [-0.39, 0.29) is 17.8 Å². The van der Waals surface area contributed by atoms with Crippen molar-refractivity contribution in [3.8, 4) is 17.1 Å². The number of ether oxygens (including phenoxy) is 1. The lowest BCUT2D eigenvalue weighted by Gasteiger charge is -2.27. The van der Waals surface area contributed by atoms with Crippen LogP contribution in [0.3, 0.4) is 0 Å². The Hall–Kier alpha value is -2.01. The van der Waals surface area contributed by atoms with Crippen molar-refractivity contribution in [2.45, 2.75) is 43.5 Å². The molecule has 1 fully saturated rings.